The molecular formula is C14H11F3N2O2. The Hall–Kier alpha value is -2.57. The van der Waals surface area contributed by atoms with E-state index in [1.54, 1.807) is 0 Å². The third-order valence-corrected chi connectivity index (χ3v) is 2.65. The number of ether oxygens (including phenoxy) is 1. The van der Waals surface area contributed by atoms with Crippen LogP contribution in [-0.2, 0) is 6.18 Å². The largest absolute Gasteiger partial charge is 0.481 e. The number of amides is 1. The summed E-state index contributed by atoms with van der Waals surface area (Å²) in [5.41, 5.74) is -0.577. The number of anilines is 1. The van der Waals surface area contributed by atoms with Gasteiger partial charge in [0.2, 0.25) is 5.88 Å². The third-order valence-electron chi connectivity index (χ3n) is 2.65. The molecule has 2 aromatic rings. The van der Waals surface area contributed by atoms with E-state index >= 15 is 0 Å². The number of nitrogens with zero attached hydrogens (tertiary/aromatic N) is 1. The summed E-state index contributed by atoms with van der Waals surface area (Å²) in [5, 5.41) is 2.49. The van der Waals surface area contributed by atoms with Crippen LogP contribution < -0.4 is 10.1 Å². The van der Waals surface area contributed by atoms with Gasteiger partial charge in [0.1, 0.15) is 0 Å². The average molecular weight is 296 g/mol. The topological polar surface area (TPSA) is 51.2 Å². The molecule has 0 aliphatic heterocycles. The number of aromatic nitrogens is 1. The average Bonchev–Trinajstić information content (AvgIpc) is 2.46. The van der Waals surface area contributed by atoms with Crippen molar-refractivity contribution in [3.8, 4) is 5.88 Å². The minimum absolute atomic E-state index is 0.0828. The molecule has 1 heterocycles. The molecule has 1 amide bonds. The van der Waals surface area contributed by atoms with E-state index in [9.17, 15) is 18.0 Å². The number of benzene rings is 1. The van der Waals surface area contributed by atoms with Crippen LogP contribution in [-0.4, -0.2) is 18.0 Å². The first kappa shape index (κ1) is 14.8. The van der Waals surface area contributed by atoms with Crippen LogP contribution in [0.4, 0.5) is 18.9 Å². The van der Waals surface area contributed by atoms with Crippen LogP contribution >= 0.6 is 0 Å². The predicted molar refractivity (Wildman–Crippen MR) is 70.2 cm³/mol. The summed E-state index contributed by atoms with van der Waals surface area (Å²) < 4.78 is 42.7. The van der Waals surface area contributed by atoms with E-state index in [0.29, 0.717) is 5.69 Å². The summed E-state index contributed by atoms with van der Waals surface area (Å²) in [6.07, 6.45) is -3.07. The highest BCUT2D eigenvalue weighted by Crippen LogP contribution is 2.29. The molecule has 0 unspecified atom stereocenters. The molecule has 0 spiro atoms. The first-order valence-electron chi connectivity index (χ1n) is 5.89. The zero-order chi connectivity index (χ0) is 15.5. The Bertz CT molecular complexity index is 657. The molecule has 1 aromatic heterocycles. The smallest absolute Gasteiger partial charge is 0.416 e. The summed E-state index contributed by atoms with van der Waals surface area (Å²) in [6, 6.07) is 7.17. The van der Waals surface area contributed by atoms with E-state index in [0.717, 1.165) is 12.1 Å². The highest BCUT2D eigenvalue weighted by atomic mass is 19.4. The molecule has 0 atom stereocenters. The lowest BCUT2D eigenvalue weighted by Gasteiger charge is -2.09. The van der Waals surface area contributed by atoms with Gasteiger partial charge in [0, 0.05) is 23.5 Å². The van der Waals surface area contributed by atoms with E-state index in [1.165, 1.54) is 37.6 Å². The number of carbonyl (C=O) groups is 1. The SMILES string of the molecule is COc1cc(NC(=O)c2cccc(C(F)(F)F)c2)ccn1. The van der Waals surface area contributed by atoms with Crippen molar-refractivity contribution in [2.75, 3.05) is 12.4 Å². The van der Waals surface area contributed by atoms with Crippen molar-refractivity contribution in [2.45, 2.75) is 6.18 Å². The molecule has 7 heteroatoms. The van der Waals surface area contributed by atoms with Crippen molar-refractivity contribution >= 4 is 11.6 Å². The molecule has 1 N–H and O–H groups in total. The molecule has 21 heavy (non-hydrogen) atoms. The lowest BCUT2D eigenvalue weighted by molar-refractivity contribution is -0.137. The van der Waals surface area contributed by atoms with Crippen molar-refractivity contribution < 1.29 is 22.7 Å². The molecule has 0 bridgehead atoms. The van der Waals surface area contributed by atoms with Gasteiger partial charge in [-0.15, -0.1) is 0 Å². The molecule has 4 nitrogen and oxygen atoms in total. The van der Waals surface area contributed by atoms with E-state index in [2.05, 4.69) is 10.3 Å². The van der Waals surface area contributed by atoms with Gasteiger partial charge in [-0.1, -0.05) is 6.07 Å². The molecule has 110 valence electrons. The number of carbonyl (C=O) groups excluding carboxylic acids is 1. The Morgan fingerprint density at radius 2 is 2.00 bits per heavy atom. The fraction of sp³-hybridized carbons (Fsp3) is 0.143. The standard InChI is InChI=1S/C14H11F3N2O2/c1-21-12-8-11(5-6-18-12)19-13(20)9-3-2-4-10(7-9)14(15,16)17/h2-8H,1H3,(H,18,19,20). The maximum absolute atomic E-state index is 12.6. The highest BCUT2D eigenvalue weighted by Gasteiger charge is 2.30. The van der Waals surface area contributed by atoms with Gasteiger partial charge in [-0.2, -0.15) is 13.2 Å². The van der Waals surface area contributed by atoms with Crippen molar-refractivity contribution in [2.24, 2.45) is 0 Å². The van der Waals surface area contributed by atoms with Crippen molar-refractivity contribution in [1.29, 1.82) is 0 Å². The molecule has 0 saturated heterocycles. The Morgan fingerprint density at radius 1 is 1.24 bits per heavy atom. The summed E-state index contributed by atoms with van der Waals surface area (Å²) in [5.74, 6) is -0.355. The molecule has 2 rings (SSSR count). The van der Waals surface area contributed by atoms with Crippen LogP contribution in [0.1, 0.15) is 15.9 Å². The number of methoxy groups -OCH3 is 1. The molecule has 0 aliphatic rings. The molecule has 0 radical (unpaired) electrons. The zero-order valence-corrected chi connectivity index (χ0v) is 10.9. The molecule has 0 fully saturated rings. The van der Waals surface area contributed by atoms with Crippen LogP contribution in [0.3, 0.4) is 0 Å². The number of pyridine rings is 1. The van der Waals surface area contributed by atoms with Crippen molar-refractivity contribution in [3.63, 3.8) is 0 Å². The van der Waals surface area contributed by atoms with Crippen LogP contribution in [0.2, 0.25) is 0 Å². The minimum Gasteiger partial charge on any atom is -0.481 e. The van der Waals surface area contributed by atoms with Crippen molar-refractivity contribution in [3.05, 3.63) is 53.7 Å². The summed E-state index contributed by atoms with van der Waals surface area (Å²) >= 11 is 0. The maximum Gasteiger partial charge on any atom is 0.416 e. The van der Waals surface area contributed by atoms with E-state index in [1.807, 2.05) is 0 Å². The number of alkyl halides is 3. The molecule has 0 aliphatic carbocycles. The van der Waals surface area contributed by atoms with Crippen LogP contribution in [0.5, 0.6) is 5.88 Å². The summed E-state index contributed by atoms with van der Waals surface area (Å²) in [4.78, 5) is 15.8. The van der Waals surface area contributed by atoms with Gasteiger partial charge in [0.25, 0.3) is 5.91 Å². The van der Waals surface area contributed by atoms with E-state index in [-0.39, 0.29) is 11.4 Å². The first-order chi connectivity index (χ1) is 9.90. The second-order valence-electron chi connectivity index (χ2n) is 4.12. The van der Waals surface area contributed by atoms with Crippen LogP contribution in [0.15, 0.2) is 42.6 Å². The van der Waals surface area contributed by atoms with Crippen LogP contribution in [0.25, 0.3) is 0 Å². The zero-order valence-electron chi connectivity index (χ0n) is 10.9. The number of nitrogens with one attached hydrogen (secondary N) is 1. The van der Waals surface area contributed by atoms with Gasteiger partial charge in [0.15, 0.2) is 0 Å². The second-order valence-corrected chi connectivity index (χ2v) is 4.12. The lowest BCUT2D eigenvalue weighted by atomic mass is 10.1. The monoisotopic (exact) mass is 296 g/mol. The fourth-order valence-corrected chi connectivity index (χ4v) is 1.64. The van der Waals surface area contributed by atoms with Gasteiger partial charge in [-0.05, 0) is 24.3 Å². The first-order valence-corrected chi connectivity index (χ1v) is 5.89. The van der Waals surface area contributed by atoms with Gasteiger partial charge in [0.05, 0.1) is 12.7 Å². The van der Waals surface area contributed by atoms with E-state index < -0.39 is 17.6 Å². The van der Waals surface area contributed by atoms with Gasteiger partial charge in [-0.25, -0.2) is 4.98 Å². The van der Waals surface area contributed by atoms with E-state index in [4.69, 9.17) is 4.74 Å². The maximum atomic E-state index is 12.6. The molecule has 0 saturated carbocycles. The predicted octanol–water partition coefficient (Wildman–Crippen LogP) is 3.36. The Kier molecular flexibility index (Phi) is 4.11. The normalized spacial score (nSPS) is 11.0. The quantitative estimate of drug-likeness (QED) is 0.945. The Morgan fingerprint density at radius 3 is 2.67 bits per heavy atom. The number of rotatable bonds is 3. The summed E-state index contributed by atoms with van der Waals surface area (Å²) in [7, 11) is 1.42. The Balaban J connectivity index is 2.20. The van der Waals surface area contributed by atoms with Crippen LogP contribution in [0, 0.1) is 0 Å². The van der Waals surface area contributed by atoms with Crippen molar-refractivity contribution in [1.82, 2.24) is 4.98 Å². The highest BCUT2D eigenvalue weighted by molar-refractivity contribution is 6.04. The second kappa shape index (κ2) is 5.82. The minimum atomic E-state index is -4.49. The summed E-state index contributed by atoms with van der Waals surface area (Å²) in [6.45, 7) is 0. The van der Waals surface area contributed by atoms with Gasteiger partial charge < -0.3 is 10.1 Å². The third kappa shape index (κ3) is 3.71. The molecule has 1 aromatic carbocycles. The molecular weight excluding hydrogens is 285 g/mol. The fourth-order valence-electron chi connectivity index (χ4n) is 1.64. The van der Waals surface area contributed by atoms with Gasteiger partial charge in [-0.3, -0.25) is 4.79 Å². The number of hydrogen-bond acceptors (Lipinski definition) is 3. The lowest BCUT2D eigenvalue weighted by Crippen LogP contribution is -2.14. The number of halogens is 3. The Labute approximate surface area is 118 Å². The van der Waals surface area contributed by atoms with Gasteiger partial charge >= 0.3 is 6.18 Å². The number of hydrogen-bond donors (Lipinski definition) is 1.